The number of benzene rings is 1. The second-order valence-corrected chi connectivity index (χ2v) is 4.52. The van der Waals surface area contributed by atoms with Gasteiger partial charge in [0.1, 0.15) is 0 Å². The Hall–Kier alpha value is -1.39. The second kappa shape index (κ2) is 4.85. The van der Waals surface area contributed by atoms with Gasteiger partial charge in [-0.25, -0.2) is 0 Å². The largest absolute Gasteiger partial charge is 0.350 e. The fourth-order valence-electron chi connectivity index (χ4n) is 1.72. The fraction of sp³-hybridized carbons (Fsp3) is 0.462. The van der Waals surface area contributed by atoms with Gasteiger partial charge in [-0.05, 0) is 19.4 Å². The normalized spacial score (nSPS) is 22.4. The first kappa shape index (κ1) is 12.1. The maximum absolute atomic E-state index is 11.8. The molecule has 1 N–H and O–H groups in total. The van der Waals surface area contributed by atoms with Crippen molar-refractivity contribution in [3.63, 3.8) is 0 Å². The van der Waals surface area contributed by atoms with Crippen molar-refractivity contribution in [2.45, 2.75) is 32.3 Å². The monoisotopic (exact) mass is 235 g/mol. The zero-order valence-corrected chi connectivity index (χ0v) is 10.1. The number of carbonyl (C=O) groups is 1. The van der Waals surface area contributed by atoms with Gasteiger partial charge in [0.25, 0.3) is 5.91 Å². The summed E-state index contributed by atoms with van der Waals surface area (Å²) in [4.78, 5) is 11.8. The van der Waals surface area contributed by atoms with Crippen molar-refractivity contribution in [1.82, 2.24) is 5.32 Å². The minimum absolute atomic E-state index is 0.126. The van der Waals surface area contributed by atoms with E-state index in [1.807, 2.05) is 30.3 Å². The van der Waals surface area contributed by atoms with Gasteiger partial charge < -0.3 is 14.8 Å². The zero-order chi connectivity index (χ0) is 12.3. The van der Waals surface area contributed by atoms with E-state index in [1.54, 1.807) is 13.8 Å². The van der Waals surface area contributed by atoms with Crippen molar-refractivity contribution in [3.05, 3.63) is 35.9 Å². The number of nitrogens with one attached hydrogen (secondary N) is 1. The molecule has 0 bridgehead atoms. The van der Waals surface area contributed by atoms with Crippen LogP contribution in [-0.2, 0) is 20.8 Å². The molecule has 1 saturated heterocycles. The van der Waals surface area contributed by atoms with Gasteiger partial charge >= 0.3 is 0 Å². The maximum atomic E-state index is 11.8. The predicted molar refractivity (Wildman–Crippen MR) is 63.2 cm³/mol. The van der Waals surface area contributed by atoms with Crippen LogP contribution in [0.2, 0.25) is 0 Å². The smallest absolute Gasteiger partial charge is 0.251 e. The predicted octanol–water partition coefficient (Wildman–Crippen LogP) is 1.45. The molecule has 1 heterocycles. The Balaban J connectivity index is 1.83. The van der Waals surface area contributed by atoms with Crippen molar-refractivity contribution in [3.8, 4) is 0 Å². The summed E-state index contributed by atoms with van der Waals surface area (Å²) in [6.45, 7) is 4.43. The average molecular weight is 235 g/mol. The summed E-state index contributed by atoms with van der Waals surface area (Å²) in [6.07, 6.45) is -0.506. The number of hydrogen-bond acceptors (Lipinski definition) is 3. The molecule has 1 aromatic carbocycles. The first-order valence-electron chi connectivity index (χ1n) is 5.70. The molecular weight excluding hydrogens is 218 g/mol. The summed E-state index contributed by atoms with van der Waals surface area (Å²) >= 11 is 0. The molecule has 0 aliphatic carbocycles. The van der Waals surface area contributed by atoms with Crippen LogP contribution in [0.3, 0.4) is 0 Å². The van der Waals surface area contributed by atoms with Gasteiger partial charge in [-0.2, -0.15) is 0 Å². The zero-order valence-electron chi connectivity index (χ0n) is 10.1. The lowest BCUT2D eigenvalue weighted by Crippen LogP contribution is -2.36. The van der Waals surface area contributed by atoms with E-state index in [9.17, 15) is 4.79 Å². The third-order valence-electron chi connectivity index (χ3n) is 2.61. The van der Waals surface area contributed by atoms with Crippen LogP contribution in [0, 0.1) is 0 Å². The van der Waals surface area contributed by atoms with Gasteiger partial charge in [0, 0.05) is 6.54 Å². The summed E-state index contributed by atoms with van der Waals surface area (Å²) in [6, 6.07) is 9.77. The number of ether oxygens (including phenoxy) is 2. The van der Waals surface area contributed by atoms with E-state index >= 15 is 0 Å². The lowest BCUT2D eigenvalue weighted by molar-refractivity contribution is -0.153. The maximum Gasteiger partial charge on any atom is 0.251 e. The van der Waals surface area contributed by atoms with Gasteiger partial charge in [0.05, 0.1) is 6.61 Å². The summed E-state index contributed by atoms with van der Waals surface area (Å²) in [7, 11) is 0. The molecule has 0 saturated carbocycles. The second-order valence-electron chi connectivity index (χ2n) is 4.52. The Bertz CT molecular complexity index is 389. The van der Waals surface area contributed by atoms with Gasteiger partial charge in [-0.15, -0.1) is 0 Å². The van der Waals surface area contributed by atoms with E-state index in [0.29, 0.717) is 13.2 Å². The highest BCUT2D eigenvalue weighted by atomic mass is 16.7. The number of carbonyl (C=O) groups excluding carboxylic acids is 1. The lowest BCUT2D eigenvalue weighted by atomic mass is 10.2. The van der Waals surface area contributed by atoms with E-state index in [2.05, 4.69) is 5.32 Å². The summed E-state index contributed by atoms with van der Waals surface area (Å²) < 4.78 is 10.8. The van der Waals surface area contributed by atoms with Crippen LogP contribution in [0.25, 0.3) is 0 Å². The quantitative estimate of drug-likeness (QED) is 0.862. The molecule has 1 aliphatic rings. The highest BCUT2D eigenvalue weighted by Crippen LogP contribution is 2.22. The van der Waals surface area contributed by atoms with Crippen LogP contribution in [0.1, 0.15) is 19.4 Å². The molecule has 1 amide bonds. The van der Waals surface area contributed by atoms with Crippen LogP contribution < -0.4 is 5.32 Å². The Labute approximate surface area is 101 Å². The Morgan fingerprint density at radius 3 is 2.71 bits per heavy atom. The molecule has 1 aliphatic heterocycles. The van der Waals surface area contributed by atoms with E-state index < -0.39 is 11.9 Å². The molecule has 0 spiro atoms. The molecule has 1 unspecified atom stereocenters. The van der Waals surface area contributed by atoms with Crippen LogP contribution >= 0.6 is 0 Å². The number of rotatable bonds is 3. The van der Waals surface area contributed by atoms with Gasteiger partial charge in [0.2, 0.25) is 0 Å². The summed E-state index contributed by atoms with van der Waals surface area (Å²) in [5, 5.41) is 2.83. The standard InChI is InChI=1S/C13H17NO3/c1-13(2)16-9-11(17-13)12(15)14-8-10-6-4-3-5-7-10/h3-7,11H,8-9H2,1-2H3,(H,14,15). The van der Waals surface area contributed by atoms with Crippen LogP contribution in [0.4, 0.5) is 0 Å². The Kier molecular flexibility index (Phi) is 3.45. The minimum Gasteiger partial charge on any atom is -0.350 e. The third kappa shape index (κ3) is 3.28. The molecule has 0 radical (unpaired) electrons. The van der Waals surface area contributed by atoms with Crippen molar-refractivity contribution >= 4 is 5.91 Å². The molecule has 92 valence electrons. The van der Waals surface area contributed by atoms with E-state index in [0.717, 1.165) is 5.56 Å². The topological polar surface area (TPSA) is 47.6 Å². The molecule has 4 nitrogen and oxygen atoms in total. The van der Waals surface area contributed by atoms with Crippen molar-refractivity contribution in [2.75, 3.05) is 6.61 Å². The van der Waals surface area contributed by atoms with E-state index in [4.69, 9.17) is 9.47 Å². The van der Waals surface area contributed by atoms with Crippen molar-refractivity contribution in [1.29, 1.82) is 0 Å². The van der Waals surface area contributed by atoms with Gasteiger partial charge in [-0.1, -0.05) is 30.3 Å². The van der Waals surface area contributed by atoms with Crippen LogP contribution in [0.5, 0.6) is 0 Å². The molecule has 2 rings (SSSR count). The number of hydrogen-bond donors (Lipinski definition) is 1. The summed E-state index contributed by atoms with van der Waals surface area (Å²) in [5.74, 6) is -0.784. The van der Waals surface area contributed by atoms with Crippen molar-refractivity contribution < 1.29 is 14.3 Å². The van der Waals surface area contributed by atoms with E-state index in [1.165, 1.54) is 0 Å². The molecule has 1 aromatic rings. The lowest BCUT2D eigenvalue weighted by Gasteiger charge is -2.16. The molecule has 0 aromatic heterocycles. The highest BCUT2D eigenvalue weighted by Gasteiger charge is 2.36. The summed E-state index contributed by atoms with van der Waals surface area (Å²) in [5.41, 5.74) is 1.07. The molecular formula is C13H17NO3. The Morgan fingerprint density at radius 2 is 2.12 bits per heavy atom. The Morgan fingerprint density at radius 1 is 1.41 bits per heavy atom. The molecule has 1 fully saturated rings. The molecule has 17 heavy (non-hydrogen) atoms. The van der Waals surface area contributed by atoms with E-state index in [-0.39, 0.29) is 5.91 Å². The van der Waals surface area contributed by atoms with Gasteiger partial charge in [0.15, 0.2) is 11.9 Å². The molecule has 4 heteroatoms. The number of amides is 1. The molecule has 1 atom stereocenters. The average Bonchev–Trinajstić information content (AvgIpc) is 2.68. The first-order valence-corrected chi connectivity index (χ1v) is 5.70. The highest BCUT2D eigenvalue weighted by molar-refractivity contribution is 5.81. The van der Waals surface area contributed by atoms with Crippen LogP contribution in [-0.4, -0.2) is 24.4 Å². The van der Waals surface area contributed by atoms with Gasteiger partial charge in [-0.3, -0.25) is 4.79 Å². The van der Waals surface area contributed by atoms with Crippen molar-refractivity contribution in [2.24, 2.45) is 0 Å². The van der Waals surface area contributed by atoms with Crippen LogP contribution in [0.15, 0.2) is 30.3 Å². The third-order valence-corrected chi connectivity index (χ3v) is 2.61. The SMILES string of the molecule is CC1(C)OCC(C(=O)NCc2ccccc2)O1. The minimum atomic E-state index is -0.658. The fourth-order valence-corrected chi connectivity index (χ4v) is 1.72. The first-order chi connectivity index (χ1) is 8.07.